The highest BCUT2D eigenvalue weighted by atomic mass is 79.9. The molecule has 3 rings (SSSR count). The lowest BCUT2D eigenvalue weighted by atomic mass is 10.2. The third kappa shape index (κ3) is 2.11. The smallest absolute Gasteiger partial charge is 0.142 e. The minimum atomic E-state index is 0.702. The third-order valence-corrected chi connectivity index (χ3v) is 4.00. The number of imidazole rings is 1. The van der Waals surface area contributed by atoms with Crippen LogP contribution in [0.5, 0.6) is 0 Å². The Balaban J connectivity index is 2.31. The van der Waals surface area contributed by atoms with Crippen molar-refractivity contribution < 1.29 is 0 Å². The van der Waals surface area contributed by atoms with E-state index in [1.807, 2.05) is 48.0 Å². The first kappa shape index (κ1) is 12.5. The van der Waals surface area contributed by atoms with Crippen LogP contribution in [0.25, 0.3) is 22.4 Å². The summed E-state index contributed by atoms with van der Waals surface area (Å²) in [6.45, 7) is 0. The topological polar surface area (TPSA) is 43.8 Å². The van der Waals surface area contributed by atoms with Crippen LogP contribution >= 0.6 is 27.5 Å². The molecule has 0 bridgehead atoms. The summed E-state index contributed by atoms with van der Waals surface area (Å²) in [7, 11) is 1.97. The zero-order valence-electron chi connectivity index (χ0n) is 10.2. The fraction of sp³-hybridized carbons (Fsp3) is 0.0714. The van der Waals surface area contributed by atoms with Crippen molar-refractivity contribution >= 4 is 44.3 Å². The highest BCUT2D eigenvalue weighted by molar-refractivity contribution is 9.10. The number of aryl methyl sites for hydroxylation is 1. The maximum Gasteiger partial charge on any atom is 0.142 e. The zero-order chi connectivity index (χ0) is 13.6. The third-order valence-electron chi connectivity index (χ3n) is 3.07. The number of benzene rings is 2. The van der Waals surface area contributed by atoms with E-state index < -0.39 is 0 Å². The fourth-order valence-electron chi connectivity index (χ4n) is 2.12. The standard InChI is InChI=1S/C14H11BrClN3/c1-19-13-6-8(16)2-5-12(13)18-14(19)10-7-9(17)3-4-11(10)15/h2-7H,17H2,1H3. The first-order valence-corrected chi connectivity index (χ1v) is 6.91. The van der Waals surface area contributed by atoms with Gasteiger partial charge in [0, 0.05) is 27.8 Å². The SMILES string of the molecule is Cn1c(-c2cc(N)ccc2Br)nc2ccc(Cl)cc21. The minimum absolute atomic E-state index is 0.702. The molecule has 0 amide bonds. The molecule has 0 fully saturated rings. The van der Waals surface area contributed by atoms with Crippen LogP contribution in [0, 0.1) is 0 Å². The van der Waals surface area contributed by atoms with Crippen LogP contribution in [0.3, 0.4) is 0 Å². The minimum Gasteiger partial charge on any atom is -0.399 e. The first-order chi connectivity index (χ1) is 9.06. The number of aromatic nitrogens is 2. The lowest BCUT2D eigenvalue weighted by Crippen LogP contribution is -1.94. The Hall–Kier alpha value is -1.52. The lowest BCUT2D eigenvalue weighted by molar-refractivity contribution is 0.958. The molecule has 3 aromatic rings. The maximum absolute atomic E-state index is 6.03. The number of nitrogen functional groups attached to an aromatic ring is 1. The molecule has 5 heteroatoms. The van der Waals surface area contributed by atoms with Crippen molar-refractivity contribution in [3.05, 3.63) is 45.9 Å². The molecule has 0 saturated heterocycles. The number of nitrogens with zero attached hydrogens (tertiary/aromatic N) is 2. The second-order valence-electron chi connectivity index (χ2n) is 4.37. The van der Waals surface area contributed by atoms with Crippen LogP contribution in [0.4, 0.5) is 5.69 Å². The summed E-state index contributed by atoms with van der Waals surface area (Å²) in [5.41, 5.74) is 9.44. The predicted molar refractivity (Wildman–Crippen MR) is 83.3 cm³/mol. The molecule has 96 valence electrons. The normalized spacial score (nSPS) is 11.1. The molecule has 0 aliphatic heterocycles. The average Bonchev–Trinajstić information content (AvgIpc) is 2.70. The molecule has 2 N–H and O–H groups in total. The summed E-state index contributed by atoms with van der Waals surface area (Å²) in [6.07, 6.45) is 0. The summed E-state index contributed by atoms with van der Waals surface area (Å²) in [5, 5.41) is 0.702. The van der Waals surface area contributed by atoms with Crippen molar-refractivity contribution in [3.8, 4) is 11.4 Å². The molecule has 0 spiro atoms. The molecule has 19 heavy (non-hydrogen) atoms. The van der Waals surface area contributed by atoms with Gasteiger partial charge in [0.15, 0.2) is 0 Å². The number of fused-ring (bicyclic) bond motifs is 1. The summed E-state index contributed by atoms with van der Waals surface area (Å²) in [6, 6.07) is 11.4. The van der Waals surface area contributed by atoms with Gasteiger partial charge in [0.2, 0.25) is 0 Å². The van der Waals surface area contributed by atoms with Crippen molar-refractivity contribution in [1.29, 1.82) is 0 Å². The van der Waals surface area contributed by atoms with Gasteiger partial charge < -0.3 is 10.3 Å². The number of hydrogen-bond acceptors (Lipinski definition) is 2. The van der Waals surface area contributed by atoms with Crippen LogP contribution in [-0.4, -0.2) is 9.55 Å². The molecule has 1 aromatic heterocycles. The Morgan fingerprint density at radius 2 is 2.00 bits per heavy atom. The molecule has 0 aliphatic carbocycles. The van der Waals surface area contributed by atoms with E-state index in [4.69, 9.17) is 17.3 Å². The van der Waals surface area contributed by atoms with E-state index in [1.165, 1.54) is 0 Å². The molecule has 0 atom stereocenters. The number of nitrogens with two attached hydrogens (primary N) is 1. The Kier molecular flexibility index (Phi) is 2.99. The second-order valence-corrected chi connectivity index (χ2v) is 5.66. The second kappa shape index (κ2) is 4.54. The van der Waals surface area contributed by atoms with Crippen molar-refractivity contribution in [2.45, 2.75) is 0 Å². The Labute approximate surface area is 124 Å². The molecule has 0 aliphatic rings. The van der Waals surface area contributed by atoms with E-state index >= 15 is 0 Å². The van der Waals surface area contributed by atoms with Crippen LogP contribution < -0.4 is 5.73 Å². The number of anilines is 1. The van der Waals surface area contributed by atoms with Crippen LogP contribution in [0.1, 0.15) is 0 Å². The quantitative estimate of drug-likeness (QED) is 0.676. The number of halogens is 2. The Morgan fingerprint density at radius 1 is 1.21 bits per heavy atom. The maximum atomic E-state index is 6.03. The molecule has 0 radical (unpaired) electrons. The van der Waals surface area contributed by atoms with Crippen LogP contribution in [0.2, 0.25) is 5.02 Å². The van der Waals surface area contributed by atoms with Crippen LogP contribution in [-0.2, 0) is 7.05 Å². The average molecular weight is 337 g/mol. The van der Waals surface area contributed by atoms with Gasteiger partial charge in [0.25, 0.3) is 0 Å². The zero-order valence-corrected chi connectivity index (χ0v) is 12.5. The van der Waals surface area contributed by atoms with Crippen LogP contribution in [0.15, 0.2) is 40.9 Å². The van der Waals surface area contributed by atoms with Crippen molar-refractivity contribution in [3.63, 3.8) is 0 Å². The van der Waals surface area contributed by atoms with Gasteiger partial charge in [-0.2, -0.15) is 0 Å². The van der Waals surface area contributed by atoms with E-state index in [1.54, 1.807) is 0 Å². The van der Waals surface area contributed by atoms with Gasteiger partial charge in [-0.25, -0.2) is 4.98 Å². The van der Waals surface area contributed by atoms with E-state index in [9.17, 15) is 0 Å². The van der Waals surface area contributed by atoms with E-state index in [0.717, 1.165) is 26.9 Å². The lowest BCUT2D eigenvalue weighted by Gasteiger charge is -2.06. The van der Waals surface area contributed by atoms with Gasteiger partial charge in [-0.3, -0.25) is 0 Å². The monoisotopic (exact) mass is 335 g/mol. The molecule has 1 heterocycles. The highest BCUT2D eigenvalue weighted by Gasteiger charge is 2.13. The molecule has 0 unspecified atom stereocenters. The van der Waals surface area contributed by atoms with Crippen molar-refractivity contribution in [2.24, 2.45) is 7.05 Å². The molecule has 3 nitrogen and oxygen atoms in total. The highest BCUT2D eigenvalue weighted by Crippen LogP contribution is 2.32. The van der Waals surface area contributed by atoms with Gasteiger partial charge in [-0.05, 0) is 36.4 Å². The Bertz CT molecular complexity index is 780. The number of rotatable bonds is 1. The summed E-state index contributed by atoms with van der Waals surface area (Å²) in [5.74, 6) is 0.858. The van der Waals surface area contributed by atoms with E-state index in [0.29, 0.717) is 10.7 Å². The van der Waals surface area contributed by atoms with Gasteiger partial charge in [-0.15, -0.1) is 0 Å². The van der Waals surface area contributed by atoms with E-state index in [-0.39, 0.29) is 0 Å². The molecular formula is C14H11BrClN3. The Morgan fingerprint density at radius 3 is 2.79 bits per heavy atom. The summed E-state index contributed by atoms with van der Waals surface area (Å²) >= 11 is 9.57. The first-order valence-electron chi connectivity index (χ1n) is 5.73. The predicted octanol–water partition coefficient (Wildman–Crippen LogP) is 4.24. The summed E-state index contributed by atoms with van der Waals surface area (Å²) < 4.78 is 2.98. The van der Waals surface area contributed by atoms with Crippen molar-refractivity contribution in [2.75, 3.05) is 5.73 Å². The van der Waals surface area contributed by atoms with Gasteiger partial charge in [-0.1, -0.05) is 27.5 Å². The van der Waals surface area contributed by atoms with Gasteiger partial charge in [0.05, 0.1) is 11.0 Å². The molecule has 2 aromatic carbocycles. The summed E-state index contributed by atoms with van der Waals surface area (Å²) in [4.78, 5) is 4.64. The fourth-order valence-corrected chi connectivity index (χ4v) is 2.71. The van der Waals surface area contributed by atoms with E-state index in [2.05, 4.69) is 20.9 Å². The molecule has 0 saturated carbocycles. The number of hydrogen-bond donors (Lipinski definition) is 1. The van der Waals surface area contributed by atoms with Crippen molar-refractivity contribution in [1.82, 2.24) is 9.55 Å². The van der Waals surface area contributed by atoms with Gasteiger partial charge >= 0.3 is 0 Å². The largest absolute Gasteiger partial charge is 0.399 e. The molecular weight excluding hydrogens is 326 g/mol. The van der Waals surface area contributed by atoms with Gasteiger partial charge in [0.1, 0.15) is 5.82 Å².